The number of anilines is 1. The Labute approximate surface area is 127 Å². The molecule has 1 N–H and O–H groups in total. The first-order valence-electron chi connectivity index (χ1n) is 8.19. The van der Waals surface area contributed by atoms with E-state index in [0.29, 0.717) is 11.6 Å². The van der Waals surface area contributed by atoms with Crippen LogP contribution in [-0.4, -0.2) is 17.7 Å². The van der Waals surface area contributed by atoms with Crippen LogP contribution in [0.1, 0.15) is 62.7 Å². The minimum absolute atomic E-state index is 0.488. The number of aliphatic hydroxyl groups excluding tert-OH is 1. The number of rotatable bonds is 3. The molecule has 1 aromatic carbocycles. The van der Waals surface area contributed by atoms with E-state index in [9.17, 15) is 10.4 Å². The third-order valence-corrected chi connectivity index (χ3v) is 5.16. The van der Waals surface area contributed by atoms with E-state index in [1.807, 2.05) is 25.1 Å². The third-order valence-electron chi connectivity index (χ3n) is 5.16. The zero-order chi connectivity index (χ0) is 14.8. The fourth-order valence-electron chi connectivity index (χ4n) is 4.14. The Morgan fingerprint density at radius 3 is 2.67 bits per heavy atom. The first-order chi connectivity index (χ1) is 10.2. The Bertz CT molecular complexity index is 541. The number of benzene rings is 1. The molecule has 1 aliphatic heterocycles. The summed E-state index contributed by atoms with van der Waals surface area (Å²) in [4.78, 5) is 2.47. The molecule has 1 aromatic rings. The minimum atomic E-state index is -0.488. The van der Waals surface area contributed by atoms with Crippen LogP contribution in [0.5, 0.6) is 0 Å². The second kappa shape index (κ2) is 6.07. The minimum Gasteiger partial charge on any atom is -0.389 e. The topological polar surface area (TPSA) is 47.3 Å². The second-order valence-electron chi connectivity index (χ2n) is 6.51. The van der Waals surface area contributed by atoms with Crippen LogP contribution in [0.4, 0.5) is 5.69 Å². The van der Waals surface area contributed by atoms with Crippen molar-refractivity contribution < 1.29 is 5.11 Å². The molecule has 1 saturated heterocycles. The largest absolute Gasteiger partial charge is 0.389 e. The van der Waals surface area contributed by atoms with Crippen molar-refractivity contribution in [2.75, 3.05) is 11.4 Å². The van der Waals surface area contributed by atoms with Crippen LogP contribution in [0.15, 0.2) is 18.2 Å². The molecule has 21 heavy (non-hydrogen) atoms. The van der Waals surface area contributed by atoms with Crippen molar-refractivity contribution in [2.24, 2.45) is 5.92 Å². The SMILES string of the molecule is C[C@@H](O)c1ccc(C#N)cc1N1CCCC1C1CCCC1. The van der Waals surface area contributed by atoms with Gasteiger partial charge in [0.15, 0.2) is 0 Å². The van der Waals surface area contributed by atoms with Gasteiger partial charge in [-0.05, 0) is 50.7 Å². The number of nitrogens with zero attached hydrogens (tertiary/aromatic N) is 2. The molecule has 0 spiro atoms. The van der Waals surface area contributed by atoms with Gasteiger partial charge in [0.05, 0.1) is 17.7 Å². The number of hydrogen-bond donors (Lipinski definition) is 1. The van der Waals surface area contributed by atoms with Crippen molar-refractivity contribution in [3.63, 3.8) is 0 Å². The molecule has 1 aliphatic carbocycles. The fraction of sp³-hybridized carbons (Fsp3) is 0.611. The Morgan fingerprint density at radius 2 is 2.00 bits per heavy atom. The monoisotopic (exact) mass is 284 g/mol. The van der Waals surface area contributed by atoms with Crippen LogP contribution >= 0.6 is 0 Å². The van der Waals surface area contributed by atoms with Crippen LogP contribution in [-0.2, 0) is 0 Å². The first-order valence-corrected chi connectivity index (χ1v) is 8.19. The highest BCUT2D eigenvalue weighted by atomic mass is 16.3. The van der Waals surface area contributed by atoms with Crippen molar-refractivity contribution in [3.05, 3.63) is 29.3 Å². The number of aliphatic hydroxyl groups is 1. The molecule has 2 aliphatic rings. The molecule has 0 radical (unpaired) electrons. The molecular formula is C18H24N2O. The van der Waals surface area contributed by atoms with Gasteiger partial charge in [-0.25, -0.2) is 0 Å². The van der Waals surface area contributed by atoms with Crippen LogP contribution in [0, 0.1) is 17.2 Å². The predicted octanol–water partition coefficient (Wildman–Crippen LogP) is 3.77. The lowest BCUT2D eigenvalue weighted by molar-refractivity contribution is 0.199. The lowest BCUT2D eigenvalue weighted by Gasteiger charge is -2.33. The van der Waals surface area contributed by atoms with Gasteiger partial charge in [-0.2, -0.15) is 5.26 Å². The van der Waals surface area contributed by atoms with Crippen LogP contribution in [0.3, 0.4) is 0 Å². The second-order valence-corrected chi connectivity index (χ2v) is 6.51. The van der Waals surface area contributed by atoms with Crippen molar-refractivity contribution in [1.82, 2.24) is 0 Å². The summed E-state index contributed by atoms with van der Waals surface area (Å²) in [6.45, 7) is 2.86. The maximum absolute atomic E-state index is 10.1. The summed E-state index contributed by atoms with van der Waals surface area (Å²) in [5, 5.41) is 19.3. The van der Waals surface area contributed by atoms with E-state index in [-0.39, 0.29) is 0 Å². The van der Waals surface area contributed by atoms with Crippen LogP contribution < -0.4 is 4.90 Å². The molecule has 0 aromatic heterocycles. The fourth-order valence-corrected chi connectivity index (χ4v) is 4.14. The molecule has 3 heteroatoms. The molecule has 2 fully saturated rings. The van der Waals surface area contributed by atoms with E-state index in [1.54, 1.807) is 0 Å². The molecule has 1 heterocycles. The molecule has 3 nitrogen and oxygen atoms in total. The van der Waals surface area contributed by atoms with E-state index >= 15 is 0 Å². The standard InChI is InChI=1S/C18H24N2O/c1-13(21)16-9-8-14(12-19)11-18(16)20-10-4-7-17(20)15-5-2-3-6-15/h8-9,11,13,15,17,21H,2-7,10H2,1H3/t13-,17?/m1/s1. The molecular weight excluding hydrogens is 260 g/mol. The lowest BCUT2D eigenvalue weighted by Crippen LogP contribution is -2.35. The van der Waals surface area contributed by atoms with Gasteiger partial charge in [0, 0.05) is 23.8 Å². The predicted molar refractivity (Wildman–Crippen MR) is 84.1 cm³/mol. The van der Waals surface area contributed by atoms with Crippen molar-refractivity contribution in [1.29, 1.82) is 5.26 Å². The molecule has 112 valence electrons. The van der Waals surface area contributed by atoms with Gasteiger partial charge < -0.3 is 10.0 Å². The Morgan fingerprint density at radius 1 is 1.24 bits per heavy atom. The summed E-state index contributed by atoms with van der Waals surface area (Å²) in [6, 6.07) is 8.53. The van der Waals surface area contributed by atoms with Gasteiger partial charge >= 0.3 is 0 Å². The van der Waals surface area contributed by atoms with Crippen molar-refractivity contribution in [2.45, 2.75) is 57.6 Å². The average Bonchev–Trinajstić information content (AvgIpc) is 3.16. The molecule has 0 amide bonds. The zero-order valence-corrected chi connectivity index (χ0v) is 12.8. The molecule has 1 saturated carbocycles. The first kappa shape index (κ1) is 14.4. The van der Waals surface area contributed by atoms with Gasteiger partial charge in [-0.3, -0.25) is 0 Å². The van der Waals surface area contributed by atoms with E-state index in [1.165, 1.54) is 38.5 Å². The van der Waals surface area contributed by atoms with E-state index < -0.39 is 6.10 Å². The molecule has 1 unspecified atom stereocenters. The Kier molecular flexibility index (Phi) is 4.17. The summed E-state index contributed by atoms with van der Waals surface area (Å²) >= 11 is 0. The van der Waals surface area contributed by atoms with Crippen molar-refractivity contribution >= 4 is 5.69 Å². The highest BCUT2D eigenvalue weighted by molar-refractivity contribution is 5.59. The third kappa shape index (κ3) is 2.78. The average molecular weight is 284 g/mol. The summed E-state index contributed by atoms with van der Waals surface area (Å²) in [5.41, 5.74) is 2.73. The summed E-state index contributed by atoms with van der Waals surface area (Å²) in [5.74, 6) is 0.792. The molecule has 2 atom stereocenters. The quantitative estimate of drug-likeness (QED) is 0.919. The van der Waals surface area contributed by atoms with Gasteiger partial charge in [0.2, 0.25) is 0 Å². The van der Waals surface area contributed by atoms with Gasteiger partial charge in [-0.1, -0.05) is 18.9 Å². The Balaban J connectivity index is 1.95. The molecule has 3 rings (SSSR count). The maximum atomic E-state index is 10.1. The van der Waals surface area contributed by atoms with Crippen LogP contribution in [0.25, 0.3) is 0 Å². The normalized spacial score (nSPS) is 24.2. The molecule has 0 bridgehead atoms. The summed E-state index contributed by atoms with van der Waals surface area (Å²) in [6.07, 6.45) is 7.37. The van der Waals surface area contributed by atoms with E-state index in [4.69, 9.17) is 0 Å². The van der Waals surface area contributed by atoms with E-state index in [0.717, 1.165) is 23.7 Å². The van der Waals surface area contributed by atoms with Gasteiger partial charge in [0.1, 0.15) is 0 Å². The van der Waals surface area contributed by atoms with Gasteiger partial charge in [0.25, 0.3) is 0 Å². The smallest absolute Gasteiger partial charge is 0.0992 e. The van der Waals surface area contributed by atoms with Gasteiger partial charge in [-0.15, -0.1) is 0 Å². The maximum Gasteiger partial charge on any atom is 0.0992 e. The highest BCUT2D eigenvalue weighted by Crippen LogP contribution is 2.40. The lowest BCUT2D eigenvalue weighted by atomic mass is 9.94. The number of nitriles is 1. The number of hydrogen-bond acceptors (Lipinski definition) is 3. The summed E-state index contributed by atoms with van der Waals surface area (Å²) in [7, 11) is 0. The highest BCUT2D eigenvalue weighted by Gasteiger charge is 2.34. The van der Waals surface area contributed by atoms with E-state index in [2.05, 4.69) is 11.0 Å². The summed E-state index contributed by atoms with van der Waals surface area (Å²) < 4.78 is 0. The van der Waals surface area contributed by atoms with Crippen LogP contribution in [0.2, 0.25) is 0 Å². The zero-order valence-electron chi connectivity index (χ0n) is 12.8. The van der Waals surface area contributed by atoms with Crippen molar-refractivity contribution in [3.8, 4) is 6.07 Å². The Hall–Kier alpha value is -1.53.